The molecule has 1 saturated heterocycles. The van der Waals surface area contributed by atoms with Crippen LogP contribution in [0.25, 0.3) is 10.9 Å². The third-order valence-corrected chi connectivity index (χ3v) is 8.28. The summed E-state index contributed by atoms with van der Waals surface area (Å²) in [6, 6.07) is 15.2. The van der Waals surface area contributed by atoms with E-state index in [0.717, 1.165) is 48.3 Å². The molecule has 1 aliphatic heterocycles. The van der Waals surface area contributed by atoms with Crippen LogP contribution in [0, 0.1) is 11.8 Å². The van der Waals surface area contributed by atoms with E-state index in [1.54, 1.807) is 38.2 Å². The highest BCUT2D eigenvalue weighted by molar-refractivity contribution is 7.99. The Kier molecular flexibility index (Phi) is 9.63. The number of pyridine rings is 1. The number of piperidine rings is 1. The molecule has 6 nitrogen and oxygen atoms in total. The van der Waals surface area contributed by atoms with Gasteiger partial charge in [0.05, 0.1) is 25.7 Å². The molecule has 198 valence electrons. The molecule has 1 N–H and O–H groups in total. The number of carboxylic acid groups (broad SMARTS) is 1. The summed E-state index contributed by atoms with van der Waals surface area (Å²) in [5, 5.41) is 10.7. The predicted molar refractivity (Wildman–Crippen MR) is 145 cm³/mol. The molecule has 1 aromatic heterocycles. The Bertz CT molecular complexity index is 1190. The average molecular weight is 527 g/mol. The summed E-state index contributed by atoms with van der Waals surface area (Å²) in [5.41, 5.74) is 1.31. The van der Waals surface area contributed by atoms with Crippen LogP contribution in [0.15, 0.2) is 59.6 Å². The Labute approximate surface area is 222 Å². The third kappa shape index (κ3) is 7.14. The number of ether oxygens (including phenoxy) is 2. The lowest BCUT2D eigenvalue weighted by molar-refractivity contribution is -0.146. The fourth-order valence-electron chi connectivity index (χ4n) is 5.13. The number of aliphatic carboxylic acids is 1. The topological polar surface area (TPSA) is 71.9 Å². The number of hydrogen-bond acceptors (Lipinski definition) is 6. The molecule has 37 heavy (non-hydrogen) atoms. The van der Waals surface area contributed by atoms with Gasteiger partial charge >= 0.3 is 5.97 Å². The lowest BCUT2D eigenvalue weighted by Crippen LogP contribution is -2.44. The molecule has 3 aromatic rings. The normalized spacial score (nSPS) is 19.0. The summed E-state index contributed by atoms with van der Waals surface area (Å²) in [6.45, 7) is 2.24. The highest BCUT2D eigenvalue weighted by Gasteiger charge is 2.34. The maximum Gasteiger partial charge on any atom is 0.308 e. The van der Waals surface area contributed by atoms with Crippen LogP contribution >= 0.6 is 11.8 Å². The van der Waals surface area contributed by atoms with Crippen LogP contribution in [0.3, 0.4) is 0 Å². The summed E-state index contributed by atoms with van der Waals surface area (Å²) in [7, 11) is 3.25. The van der Waals surface area contributed by atoms with Crippen molar-refractivity contribution in [3.63, 3.8) is 0 Å². The number of rotatable bonds is 12. The van der Waals surface area contributed by atoms with Gasteiger partial charge in [0.2, 0.25) is 0 Å². The van der Waals surface area contributed by atoms with Crippen LogP contribution in [-0.2, 0) is 4.79 Å². The van der Waals surface area contributed by atoms with Gasteiger partial charge in [-0.2, -0.15) is 0 Å². The van der Waals surface area contributed by atoms with E-state index in [2.05, 4.69) is 16.0 Å². The number of hydrogen-bond donors (Lipinski definition) is 1. The smallest absolute Gasteiger partial charge is 0.308 e. The highest BCUT2D eigenvalue weighted by Crippen LogP contribution is 2.35. The van der Waals surface area contributed by atoms with Crippen LogP contribution in [0.4, 0.5) is 4.39 Å². The van der Waals surface area contributed by atoms with Gasteiger partial charge in [0.15, 0.2) is 0 Å². The Morgan fingerprint density at radius 3 is 2.78 bits per heavy atom. The Hall–Kier alpha value is -2.84. The summed E-state index contributed by atoms with van der Waals surface area (Å²) in [4.78, 5) is 19.8. The number of fused-ring (bicyclic) bond motifs is 1. The lowest BCUT2D eigenvalue weighted by Gasteiger charge is -2.36. The molecule has 0 bridgehead atoms. The first-order valence-electron chi connectivity index (χ1n) is 12.8. The monoisotopic (exact) mass is 526 g/mol. The Balaban J connectivity index is 1.28. The molecule has 1 aliphatic rings. The van der Waals surface area contributed by atoms with Crippen molar-refractivity contribution in [2.75, 3.05) is 39.6 Å². The van der Waals surface area contributed by atoms with Gasteiger partial charge < -0.3 is 19.5 Å². The van der Waals surface area contributed by atoms with Crippen molar-refractivity contribution in [2.45, 2.75) is 36.8 Å². The van der Waals surface area contributed by atoms with Crippen molar-refractivity contribution in [1.29, 1.82) is 0 Å². The maximum absolute atomic E-state index is 15.4. The molecule has 4 rings (SSSR count). The molecule has 0 amide bonds. The van der Waals surface area contributed by atoms with Crippen LogP contribution in [0.1, 0.15) is 37.4 Å². The van der Waals surface area contributed by atoms with Crippen molar-refractivity contribution >= 4 is 28.6 Å². The second-order valence-corrected chi connectivity index (χ2v) is 10.7. The summed E-state index contributed by atoms with van der Waals surface area (Å²) < 4.78 is 26.0. The fourth-order valence-corrected chi connectivity index (χ4v) is 6.01. The first kappa shape index (κ1) is 27.2. The second-order valence-electron chi connectivity index (χ2n) is 9.50. The predicted octanol–water partition coefficient (Wildman–Crippen LogP) is 6.25. The number of nitrogens with zero attached hydrogens (tertiary/aromatic N) is 2. The zero-order valence-corrected chi connectivity index (χ0v) is 22.3. The van der Waals surface area contributed by atoms with E-state index in [1.165, 1.54) is 4.90 Å². The Morgan fingerprint density at radius 2 is 2.00 bits per heavy atom. The van der Waals surface area contributed by atoms with E-state index < -0.39 is 18.1 Å². The Morgan fingerprint density at radius 1 is 1.19 bits per heavy atom. The van der Waals surface area contributed by atoms with E-state index in [4.69, 9.17) is 9.47 Å². The molecule has 8 heteroatoms. The van der Waals surface area contributed by atoms with Crippen molar-refractivity contribution in [1.82, 2.24) is 9.88 Å². The minimum absolute atomic E-state index is 0.0270. The van der Waals surface area contributed by atoms with Gasteiger partial charge in [0, 0.05) is 23.0 Å². The number of likely N-dealkylation sites (tertiary alicyclic amines) is 1. The minimum Gasteiger partial charge on any atom is -0.497 e. The summed E-state index contributed by atoms with van der Waals surface area (Å²) in [5.74, 6) is 1.19. The van der Waals surface area contributed by atoms with Crippen molar-refractivity contribution in [3.05, 3.63) is 60.3 Å². The van der Waals surface area contributed by atoms with Gasteiger partial charge in [0.25, 0.3) is 0 Å². The molecular weight excluding hydrogens is 491 g/mol. The van der Waals surface area contributed by atoms with Gasteiger partial charge in [-0.25, -0.2) is 4.39 Å². The van der Waals surface area contributed by atoms with Gasteiger partial charge in [-0.15, -0.1) is 11.8 Å². The molecule has 2 aromatic carbocycles. The van der Waals surface area contributed by atoms with Crippen molar-refractivity contribution < 1.29 is 23.8 Å². The number of carboxylic acids is 1. The SMILES string of the molecule is COc1cccc(SCCCN2CC[C@@H](CC[C@@H](F)c3ccnc4ccc(OC)cc34)[C@@H](C(=O)O)C2)c1. The van der Waals surface area contributed by atoms with Gasteiger partial charge in [-0.05, 0) is 98.5 Å². The number of halogens is 1. The van der Waals surface area contributed by atoms with E-state index >= 15 is 4.39 Å². The number of carbonyl (C=O) groups is 1. The number of benzene rings is 2. The molecule has 0 radical (unpaired) electrons. The van der Waals surface area contributed by atoms with Crippen LogP contribution in [0.2, 0.25) is 0 Å². The first-order valence-corrected chi connectivity index (χ1v) is 13.8. The largest absolute Gasteiger partial charge is 0.497 e. The van der Waals surface area contributed by atoms with Crippen molar-refractivity contribution in [2.24, 2.45) is 11.8 Å². The number of alkyl halides is 1. The number of methoxy groups -OCH3 is 2. The molecular formula is C29H35FN2O4S. The van der Waals surface area contributed by atoms with Gasteiger partial charge in [-0.1, -0.05) is 6.07 Å². The van der Waals surface area contributed by atoms with E-state index in [9.17, 15) is 9.90 Å². The average Bonchev–Trinajstić information content (AvgIpc) is 2.93. The summed E-state index contributed by atoms with van der Waals surface area (Å²) >= 11 is 1.78. The van der Waals surface area contributed by atoms with E-state index in [0.29, 0.717) is 30.7 Å². The van der Waals surface area contributed by atoms with Crippen LogP contribution in [0.5, 0.6) is 11.5 Å². The molecule has 0 spiro atoms. The molecule has 0 unspecified atom stereocenters. The van der Waals surface area contributed by atoms with E-state index in [-0.39, 0.29) is 5.92 Å². The maximum atomic E-state index is 15.4. The van der Waals surface area contributed by atoms with Crippen LogP contribution in [-0.4, -0.2) is 60.6 Å². The fraction of sp³-hybridized carbons (Fsp3) is 0.448. The molecule has 2 heterocycles. The third-order valence-electron chi connectivity index (χ3n) is 7.20. The minimum atomic E-state index is -1.18. The van der Waals surface area contributed by atoms with Gasteiger partial charge in [-0.3, -0.25) is 9.78 Å². The lowest BCUT2D eigenvalue weighted by atomic mass is 9.81. The van der Waals surface area contributed by atoms with Gasteiger partial charge in [0.1, 0.15) is 17.7 Å². The zero-order chi connectivity index (χ0) is 26.2. The highest BCUT2D eigenvalue weighted by atomic mass is 32.2. The zero-order valence-electron chi connectivity index (χ0n) is 21.4. The van der Waals surface area contributed by atoms with E-state index in [1.807, 2.05) is 36.4 Å². The molecule has 0 aliphatic carbocycles. The quantitative estimate of drug-likeness (QED) is 0.221. The van der Waals surface area contributed by atoms with Crippen LogP contribution < -0.4 is 9.47 Å². The number of thioether (sulfide) groups is 1. The number of aromatic nitrogens is 1. The second kappa shape index (κ2) is 13.1. The molecule has 0 saturated carbocycles. The summed E-state index contributed by atoms with van der Waals surface area (Å²) in [6.07, 6.45) is 3.04. The molecule has 3 atom stereocenters. The molecule has 1 fully saturated rings. The first-order chi connectivity index (χ1) is 18.0. The van der Waals surface area contributed by atoms with Crippen molar-refractivity contribution in [3.8, 4) is 11.5 Å². The standard InChI is InChI=1S/C29H35FN2O4S/c1-35-21-5-3-6-23(17-21)37-16-4-14-32-15-12-20(26(19-32)29(33)34)7-9-27(30)24-11-13-31-28-10-8-22(36-2)18-25(24)28/h3,5-6,8,10-11,13,17-18,20,26-27H,4,7,9,12,14-16,19H2,1-2H3,(H,33,34)/t20-,26+,27-/m1/s1.